The van der Waals surface area contributed by atoms with Gasteiger partial charge in [0.05, 0.1) is 5.57 Å². The van der Waals surface area contributed by atoms with Gasteiger partial charge in [-0.2, -0.15) is 0 Å². The zero-order valence-electron chi connectivity index (χ0n) is 15.2. The highest BCUT2D eigenvalue weighted by Gasteiger charge is 2.49. The van der Waals surface area contributed by atoms with Gasteiger partial charge in [-0.15, -0.1) is 11.3 Å². The van der Waals surface area contributed by atoms with Crippen LogP contribution in [0.25, 0.3) is 5.76 Å². The molecule has 4 rings (SSSR count). The first kappa shape index (κ1) is 17.9. The van der Waals surface area contributed by atoms with Gasteiger partial charge in [-0.1, -0.05) is 19.3 Å². The fourth-order valence-corrected chi connectivity index (χ4v) is 5.21. The van der Waals surface area contributed by atoms with E-state index in [9.17, 15) is 14.7 Å². The quantitative estimate of drug-likeness (QED) is 0.490. The van der Waals surface area contributed by atoms with Gasteiger partial charge in [0.1, 0.15) is 11.8 Å². The minimum Gasteiger partial charge on any atom is -0.507 e. The second kappa shape index (κ2) is 7.27. The van der Waals surface area contributed by atoms with E-state index in [0.717, 1.165) is 36.1 Å². The van der Waals surface area contributed by atoms with Gasteiger partial charge in [0.2, 0.25) is 0 Å². The van der Waals surface area contributed by atoms with E-state index in [1.807, 2.05) is 18.4 Å². The number of hydrogen-bond acceptors (Lipinski definition) is 5. The standard InChI is InChI=1S/C21H22N2O3S/c1-13-9-12-27-20(13)17-16(18(24)14-7-10-22-11-8-14)19(25)21(26)23(17)15-5-3-2-4-6-15/h7-12,15,17,24H,2-6H2,1H3/b18-16-. The number of amides is 1. The summed E-state index contributed by atoms with van der Waals surface area (Å²) in [5, 5.41) is 12.9. The van der Waals surface area contributed by atoms with Gasteiger partial charge in [0.25, 0.3) is 11.7 Å². The van der Waals surface area contributed by atoms with E-state index < -0.39 is 17.7 Å². The van der Waals surface area contributed by atoms with Crippen LogP contribution in [-0.2, 0) is 9.59 Å². The highest BCUT2D eigenvalue weighted by molar-refractivity contribution is 7.10. The third kappa shape index (κ3) is 3.08. The molecule has 0 radical (unpaired) electrons. The van der Waals surface area contributed by atoms with Gasteiger partial charge < -0.3 is 10.0 Å². The molecule has 1 saturated carbocycles. The first-order valence-corrected chi connectivity index (χ1v) is 10.2. The molecule has 2 aromatic rings. The predicted molar refractivity (Wildman–Crippen MR) is 104 cm³/mol. The van der Waals surface area contributed by atoms with Crippen molar-refractivity contribution in [2.45, 2.75) is 51.1 Å². The van der Waals surface area contributed by atoms with Crippen LogP contribution in [0, 0.1) is 6.92 Å². The number of aliphatic hydroxyl groups is 1. The summed E-state index contributed by atoms with van der Waals surface area (Å²) in [5.41, 5.74) is 1.74. The molecule has 1 aliphatic heterocycles. The molecule has 140 valence electrons. The number of pyridine rings is 1. The third-order valence-corrected chi connectivity index (χ3v) is 6.62. The van der Waals surface area contributed by atoms with Gasteiger partial charge in [-0.3, -0.25) is 14.6 Å². The molecule has 27 heavy (non-hydrogen) atoms. The van der Waals surface area contributed by atoms with Crippen molar-refractivity contribution >= 4 is 28.8 Å². The summed E-state index contributed by atoms with van der Waals surface area (Å²) in [7, 11) is 0. The van der Waals surface area contributed by atoms with Crippen molar-refractivity contribution in [2.75, 3.05) is 0 Å². The molecular formula is C21H22N2O3S. The second-order valence-electron chi connectivity index (χ2n) is 7.20. The monoisotopic (exact) mass is 382 g/mol. The molecule has 1 amide bonds. The van der Waals surface area contributed by atoms with E-state index in [1.165, 1.54) is 17.8 Å². The molecule has 1 atom stereocenters. The van der Waals surface area contributed by atoms with Crippen LogP contribution in [0.15, 0.2) is 41.5 Å². The van der Waals surface area contributed by atoms with Crippen molar-refractivity contribution < 1.29 is 14.7 Å². The van der Waals surface area contributed by atoms with Crippen LogP contribution < -0.4 is 0 Å². The highest BCUT2D eigenvalue weighted by Crippen LogP contribution is 2.45. The number of aromatic nitrogens is 1. The Morgan fingerprint density at radius 3 is 2.48 bits per heavy atom. The maximum atomic E-state index is 13.0. The molecule has 2 fully saturated rings. The molecule has 3 heterocycles. The Kier molecular flexibility index (Phi) is 4.83. The number of aryl methyl sites for hydroxylation is 1. The van der Waals surface area contributed by atoms with Gasteiger partial charge in [-0.05, 0) is 48.9 Å². The Hall–Kier alpha value is -2.47. The number of carbonyl (C=O) groups is 2. The first-order chi connectivity index (χ1) is 13.1. The lowest BCUT2D eigenvalue weighted by Gasteiger charge is -2.35. The normalized spacial score (nSPS) is 23.1. The number of nitrogens with zero attached hydrogens (tertiary/aromatic N) is 2. The molecule has 2 aliphatic rings. The van der Waals surface area contributed by atoms with E-state index in [0.29, 0.717) is 5.56 Å². The average molecular weight is 382 g/mol. The van der Waals surface area contributed by atoms with Crippen LogP contribution in [0.1, 0.15) is 54.1 Å². The Balaban J connectivity index is 1.88. The van der Waals surface area contributed by atoms with Gasteiger partial charge in [0, 0.05) is 28.9 Å². The number of likely N-dealkylation sites (tertiary alicyclic amines) is 1. The zero-order valence-corrected chi connectivity index (χ0v) is 16.0. The fraction of sp³-hybridized carbons (Fsp3) is 0.381. The van der Waals surface area contributed by atoms with Crippen LogP contribution in [0.5, 0.6) is 0 Å². The van der Waals surface area contributed by atoms with E-state index >= 15 is 0 Å². The largest absolute Gasteiger partial charge is 0.507 e. The van der Waals surface area contributed by atoms with Crippen LogP contribution in [0.3, 0.4) is 0 Å². The Morgan fingerprint density at radius 1 is 1.15 bits per heavy atom. The van der Waals surface area contributed by atoms with Crippen LogP contribution in [0.4, 0.5) is 0 Å². The Bertz CT molecular complexity index is 897. The lowest BCUT2D eigenvalue weighted by molar-refractivity contribution is -0.141. The molecule has 2 aromatic heterocycles. The van der Waals surface area contributed by atoms with E-state index in [1.54, 1.807) is 29.4 Å². The van der Waals surface area contributed by atoms with Crippen LogP contribution in [0.2, 0.25) is 0 Å². The molecule has 0 aromatic carbocycles. The van der Waals surface area contributed by atoms with Gasteiger partial charge in [0.15, 0.2) is 0 Å². The summed E-state index contributed by atoms with van der Waals surface area (Å²) in [4.78, 5) is 32.6. The number of Topliss-reactive ketones (excluding diaryl/α,β-unsaturated/α-hetero) is 1. The fourth-order valence-electron chi connectivity index (χ4n) is 4.17. The lowest BCUT2D eigenvalue weighted by atomic mass is 9.92. The number of thiophene rings is 1. The summed E-state index contributed by atoms with van der Waals surface area (Å²) >= 11 is 1.53. The number of carbonyl (C=O) groups excluding carboxylic acids is 2. The molecule has 1 aliphatic carbocycles. The molecule has 1 N–H and O–H groups in total. The van der Waals surface area contributed by atoms with Crippen LogP contribution >= 0.6 is 11.3 Å². The molecule has 1 unspecified atom stereocenters. The van der Waals surface area contributed by atoms with Gasteiger partial charge >= 0.3 is 0 Å². The molecule has 0 spiro atoms. The topological polar surface area (TPSA) is 70.5 Å². The Morgan fingerprint density at radius 2 is 1.85 bits per heavy atom. The molecular weight excluding hydrogens is 360 g/mol. The minimum absolute atomic E-state index is 0.0458. The summed E-state index contributed by atoms with van der Waals surface area (Å²) in [6.07, 6.45) is 8.24. The summed E-state index contributed by atoms with van der Waals surface area (Å²) in [6, 6.07) is 4.84. The molecule has 6 heteroatoms. The minimum atomic E-state index is -0.590. The third-order valence-electron chi connectivity index (χ3n) is 5.55. The van der Waals surface area contributed by atoms with E-state index in [4.69, 9.17) is 0 Å². The maximum Gasteiger partial charge on any atom is 0.295 e. The summed E-state index contributed by atoms with van der Waals surface area (Å²) in [5.74, 6) is -1.20. The average Bonchev–Trinajstić information content (AvgIpc) is 3.23. The number of hydrogen-bond donors (Lipinski definition) is 1. The van der Waals surface area contributed by atoms with Crippen molar-refractivity contribution in [3.8, 4) is 0 Å². The Labute approximate surface area is 162 Å². The van der Waals surface area contributed by atoms with Crippen molar-refractivity contribution in [1.82, 2.24) is 9.88 Å². The second-order valence-corrected chi connectivity index (χ2v) is 8.15. The zero-order chi connectivity index (χ0) is 19.0. The number of aliphatic hydroxyl groups excluding tert-OH is 1. The number of rotatable bonds is 3. The van der Waals surface area contributed by atoms with Gasteiger partial charge in [-0.25, -0.2) is 0 Å². The molecule has 5 nitrogen and oxygen atoms in total. The maximum absolute atomic E-state index is 13.0. The summed E-state index contributed by atoms with van der Waals surface area (Å²) < 4.78 is 0. The highest BCUT2D eigenvalue weighted by atomic mass is 32.1. The van der Waals surface area contributed by atoms with Crippen LogP contribution in [-0.4, -0.2) is 32.7 Å². The molecule has 0 bridgehead atoms. The van der Waals surface area contributed by atoms with Crippen molar-refractivity contribution in [2.24, 2.45) is 0 Å². The van der Waals surface area contributed by atoms with E-state index in [2.05, 4.69) is 4.98 Å². The van der Waals surface area contributed by atoms with Crippen molar-refractivity contribution in [3.05, 3.63) is 57.6 Å². The van der Waals surface area contributed by atoms with E-state index in [-0.39, 0.29) is 17.4 Å². The lowest BCUT2D eigenvalue weighted by Crippen LogP contribution is -2.40. The van der Waals surface area contributed by atoms with Crippen molar-refractivity contribution in [1.29, 1.82) is 0 Å². The predicted octanol–water partition coefficient (Wildman–Crippen LogP) is 4.21. The smallest absolute Gasteiger partial charge is 0.295 e. The SMILES string of the molecule is Cc1ccsc1C1/C(=C(/O)c2ccncc2)C(=O)C(=O)N1C1CCCCC1. The first-order valence-electron chi connectivity index (χ1n) is 9.34. The van der Waals surface area contributed by atoms with Crippen molar-refractivity contribution in [3.63, 3.8) is 0 Å². The molecule has 1 saturated heterocycles. The summed E-state index contributed by atoms with van der Waals surface area (Å²) in [6.45, 7) is 1.99. The number of ketones is 1.